The minimum Gasteiger partial charge on any atom is -0.412 e. The van der Waals surface area contributed by atoms with Crippen molar-refractivity contribution in [2.24, 2.45) is 0 Å². The van der Waals surface area contributed by atoms with E-state index in [1.807, 2.05) is 0 Å². The van der Waals surface area contributed by atoms with E-state index in [1.54, 1.807) is 0 Å². The fourth-order valence-corrected chi connectivity index (χ4v) is 0. The van der Waals surface area contributed by atoms with Gasteiger partial charge < -0.3 is 10.6 Å². The molecule has 0 aliphatic heterocycles. The van der Waals surface area contributed by atoms with Crippen molar-refractivity contribution in [2.75, 3.05) is 7.11 Å². The molecular formula is CH6LiO2. The molecule has 0 aromatic rings. The van der Waals surface area contributed by atoms with Crippen molar-refractivity contribution in [3.8, 4) is 0 Å². The van der Waals surface area contributed by atoms with Crippen LogP contribution in [-0.4, -0.2) is 36.6 Å². The molecule has 0 aromatic carbocycles. The number of rotatable bonds is 0. The maximum atomic E-state index is 7.00. The summed E-state index contributed by atoms with van der Waals surface area (Å²) in [7, 11) is 1.00. The SMILES string of the molecule is CO.O.[Li]. The van der Waals surface area contributed by atoms with Crippen LogP contribution < -0.4 is 0 Å². The molecule has 3 heteroatoms. The standard InChI is InChI=1S/CH4O.Li.H2O/c1-2;;/h2H,1H3;;1H2. The van der Waals surface area contributed by atoms with Crippen LogP contribution >= 0.6 is 0 Å². The van der Waals surface area contributed by atoms with Crippen LogP contribution in [0, 0.1) is 0 Å². The van der Waals surface area contributed by atoms with Gasteiger partial charge in [-0.15, -0.1) is 0 Å². The van der Waals surface area contributed by atoms with Gasteiger partial charge in [0, 0.05) is 26.0 Å². The third-order valence-electron chi connectivity index (χ3n) is 0. The van der Waals surface area contributed by atoms with Gasteiger partial charge in [0.25, 0.3) is 0 Å². The molecule has 0 aliphatic rings. The van der Waals surface area contributed by atoms with Crippen molar-refractivity contribution < 1.29 is 10.6 Å². The third kappa shape index (κ3) is 21.7. The van der Waals surface area contributed by atoms with E-state index in [0.29, 0.717) is 0 Å². The molecule has 3 N–H and O–H groups in total. The van der Waals surface area contributed by atoms with Crippen LogP contribution in [0.5, 0.6) is 0 Å². The normalized spacial score (nSPS) is 1.50. The van der Waals surface area contributed by atoms with Crippen molar-refractivity contribution in [1.82, 2.24) is 0 Å². The Morgan fingerprint density at radius 2 is 1.25 bits per heavy atom. The number of hydrogen-bond donors (Lipinski definition) is 1. The molecule has 4 heavy (non-hydrogen) atoms. The first-order valence-electron chi connectivity index (χ1n) is 0.447. The number of aliphatic hydroxyl groups excluding tert-OH is 1. The molecule has 0 fully saturated rings. The second-order valence-corrected chi connectivity index (χ2v) is 0. The van der Waals surface area contributed by atoms with Gasteiger partial charge in [0.1, 0.15) is 0 Å². The summed E-state index contributed by atoms with van der Waals surface area (Å²) in [6, 6.07) is 0. The van der Waals surface area contributed by atoms with E-state index >= 15 is 0 Å². The Bertz CT molecular complexity index is 6.00. The molecule has 0 atom stereocenters. The van der Waals surface area contributed by atoms with E-state index in [4.69, 9.17) is 5.11 Å². The summed E-state index contributed by atoms with van der Waals surface area (Å²) in [5.41, 5.74) is 0. The van der Waals surface area contributed by atoms with Crippen molar-refractivity contribution >= 4 is 18.9 Å². The zero-order valence-corrected chi connectivity index (χ0v) is 2.95. The van der Waals surface area contributed by atoms with E-state index in [2.05, 4.69) is 0 Å². The second-order valence-electron chi connectivity index (χ2n) is 0. The Morgan fingerprint density at radius 3 is 1.25 bits per heavy atom. The van der Waals surface area contributed by atoms with Gasteiger partial charge >= 0.3 is 0 Å². The van der Waals surface area contributed by atoms with Crippen molar-refractivity contribution in [2.45, 2.75) is 0 Å². The third-order valence-corrected chi connectivity index (χ3v) is 0. The molecule has 1 radical (unpaired) electrons. The molecule has 0 heterocycles. The quantitative estimate of drug-likeness (QED) is 0.334. The summed E-state index contributed by atoms with van der Waals surface area (Å²) < 4.78 is 0. The Labute approximate surface area is 37.3 Å². The largest absolute Gasteiger partial charge is 0.412 e. The van der Waals surface area contributed by atoms with Gasteiger partial charge in [-0.3, -0.25) is 0 Å². The fraction of sp³-hybridized carbons (Fsp3) is 1.00. The van der Waals surface area contributed by atoms with Crippen LogP contribution in [0.1, 0.15) is 0 Å². The smallest absolute Gasteiger partial charge is 0.0319 e. The van der Waals surface area contributed by atoms with Crippen molar-refractivity contribution in [1.29, 1.82) is 0 Å². The van der Waals surface area contributed by atoms with Gasteiger partial charge in [-0.25, -0.2) is 0 Å². The van der Waals surface area contributed by atoms with Gasteiger partial charge in [0.15, 0.2) is 0 Å². The monoisotopic (exact) mass is 57.1 g/mol. The summed E-state index contributed by atoms with van der Waals surface area (Å²) in [5.74, 6) is 0. The van der Waals surface area contributed by atoms with Crippen LogP contribution in [0.15, 0.2) is 0 Å². The molecule has 0 rings (SSSR count). The van der Waals surface area contributed by atoms with Crippen molar-refractivity contribution in [3.05, 3.63) is 0 Å². The second kappa shape index (κ2) is 83.3. The van der Waals surface area contributed by atoms with E-state index in [9.17, 15) is 0 Å². The molecule has 2 nitrogen and oxygen atoms in total. The van der Waals surface area contributed by atoms with E-state index in [1.165, 1.54) is 0 Å². The summed E-state index contributed by atoms with van der Waals surface area (Å²) in [5, 5.41) is 7.00. The Hall–Kier alpha value is 0.517. The Balaban J connectivity index is -0.00000000500. The fourth-order valence-electron chi connectivity index (χ4n) is 0. The first-order chi connectivity index (χ1) is 1.00. The van der Waals surface area contributed by atoms with Gasteiger partial charge in [-0.05, 0) is 0 Å². The average Bonchev–Trinajstić information content (AvgIpc) is 1.00. The van der Waals surface area contributed by atoms with Gasteiger partial charge in [0.05, 0.1) is 0 Å². The van der Waals surface area contributed by atoms with E-state index in [-0.39, 0.29) is 24.3 Å². The number of aliphatic hydroxyl groups is 1. The minimum absolute atomic E-state index is 0. The predicted molar refractivity (Wildman–Crippen MR) is 17.5 cm³/mol. The van der Waals surface area contributed by atoms with Crippen LogP contribution in [0.3, 0.4) is 0 Å². The zero-order valence-electron chi connectivity index (χ0n) is 2.95. The van der Waals surface area contributed by atoms with Crippen LogP contribution in [0.2, 0.25) is 0 Å². The summed E-state index contributed by atoms with van der Waals surface area (Å²) >= 11 is 0. The molecule has 0 unspecified atom stereocenters. The van der Waals surface area contributed by atoms with Crippen LogP contribution in [0.25, 0.3) is 0 Å². The maximum absolute atomic E-state index is 7.00. The van der Waals surface area contributed by atoms with E-state index < -0.39 is 0 Å². The van der Waals surface area contributed by atoms with Gasteiger partial charge in [0.2, 0.25) is 0 Å². The van der Waals surface area contributed by atoms with Gasteiger partial charge in [-0.2, -0.15) is 0 Å². The average molecular weight is 57.0 g/mol. The molecular weight excluding hydrogens is 51.0 g/mol. The molecule has 0 bridgehead atoms. The molecule has 0 amide bonds. The van der Waals surface area contributed by atoms with Crippen LogP contribution in [0.4, 0.5) is 0 Å². The molecule has 0 aromatic heterocycles. The molecule has 0 saturated heterocycles. The Kier molecular flexibility index (Phi) is 505. The Morgan fingerprint density at radius 1 is 1.25 bits per heavy atom. The first kappa shape index (κ1) is 24.3. The first-order valence-corrected chi connectivity index (χ1v) is 0.447. The van der Waals surface area contributed by atoms with Crippen LogP contribution in [-0.2, 0) is 0 Å². The zero-order chi connectivity index (χ0) is 2.00. The summed E-state index contributed by atoms with van der Waals surface area (Å²) in [6.45, 7) is 0. The molecule has 0 aliphatic carbocycles. The predicted octanol–water partition coefficient (Wildman–Crippen LogP) is -1.60. The number of hydrogen-bond acceptors (Lipinski definition) is 1. The molecule has 0 saturated carbocycles. The maximum Gasteiger partial charge on any atom is 0.0319 e. The minimum atomic E-state index is 0. The summed E-state index contributed by atoms with van der Waals surface area (Å²) in [6.07, 6.45) is 0. The summed E-state index contributed by atoms with van der Waals surface area (Å²) in [4.78, 5) is 0. The van der Waals surface area contributed by atoms with E-state index in [0.717, 1.165) is 7.11 Å². The topological polar surface area (TPSA) is 51.7 Å². The van der Waals surface area contributed by atoms with Gasteiger partial charge in [-0.1, -0.05) is 0 Å². The van der Waals surface area contributed by atoms with Crippen molar-refractivity contribution in [3.63, 3.8) is 0 Å². The molecule has 23 valence electrons. The molecule has 0 spiro atoms.